The Morgan fingerprint density at radius 1 is 1.10 bits per heavy atom. The van der Waals surface area contributed by atoms with E-state index in [1.807, 2.05) is 30.3 Å². The summed E-state index contributed by atoms with van der Waals surface area (Å²) in [5, 5.41) is 27.7. The maximum absolute atomic E-state index is 12.6. The number of halogens is 1. The molecule has 0 aliphatic carbocycles. The van der Waals surface area contributed by atoms with Crippen molar-refractivity contribution < 1.29 is 4.92 Å². The van der Waals surface area contributed by atoms with Crippen molar-refractivity contribution >= 4 is 34.3 Å². The zero-order chi connectivity index (χ0) is 21.1. The molecule has 0 spiro atoms. The van der Waals surface area contributed by atoms with Crippen LogP contribution in [0.2, 0.25) is 5.02 Å². The fourth-order valence-electron chi connectivity index (χ4n) is 2.65. The molecule has 0 aliphatic heterocycles. The van der Waals surface area contributed by atoms with E-state index < -0.39 is 10.5 Å². The Hall–Kier alpha value is -3.63. The minimum atomic E-state index is -0.544. The average molecular weight is 441 g/mol. The number of nitrogens with one attached hydrogen (secondary N) is 1. The third kappa shape index (κ3) is 4.04. The van der Waals surface area contributed by atoms with Crippen molar-refractivity contribution in [1.82, 2.24) is 20.0 Å². The number of nitro groups is 1. The number of benzene rings is 2. The highest BCUT2D eigenvalue weighted by Gasteiger charge is 2.13. The highest BCUT2D eigenvalue weighted by atomic mass is 35.5. The van der Waals surface area contributed by atoms with E-state index >= 15 is 0 Å². The summed E-state index contributed by atoms with van der Waals surface area (Å²) in [6.45, 7) is 0.326. The highest BCUT2D eigenvalue weighted by molar-refractivity contribution is 7.14. The van der Waals surface area contributed by atoms with Gasteiger partial charge in [0.1, 0.15) is 15.0 Å². The molecule has 0 saturated heterocycles. The third-order valence-corrected chi connectivity index (χ3v) is 5.48. The number of non-ortho nitro benzene ring substituents is 1. The molecule has 1 N–H and O–H groups in total. The van der Waals surface area contributed by atoms with Crippen LogP contribution in [0.1, 0.15) is 5.01 Å². The van der Waals surface area contributed by atoms with Gasteiger partial charge in [0.15, 0.2) is 0 Å². The Labute approximate surface area is 178 Å². The standard InChI is InChI=1S/C19H13ClN6O3S/c20-17-15(21-11-16-23-24-18(30-16)12-4-2-1-3-5-12)10-22-25(19(17)27)13-6-8-14(9-7-13)26(28)29/h1-10,21H,11H2. The van der Waals surface area contributed by atoms with Crippen molar-refractivity contribution in [2.24, 2.45) is 0 Å². The van der Waals surface area contributed by atoms with Crippen LogP contribution in [-0.2, 0) is 6.54 Å². The lowest BCUT2D eigenvalue weighted by atomic mass is 10.2. The van der Waals surface area contributed by atoms with E-state index in [-0.39, 0.29) is 10.7 Å². The largest absolute Gasteiger partial charge is 0.376 e. The predicted molar refractivity (Wildman–Crippen MR) is 114 cm³/mol. The molecule has 150 valence electrons. The van der Waals surface area contributed by atoms with Crippen LogP contribution in [0, 0.1) is 10.1 Å². The number of hydrogen-bond acceptors (Lipinski definition) is 8. The van der Waals surface area contributed by atoms with Gasteiger partial charge in [0.05, 0.1) is 29.0 Å². The van der Waals surface area contributed by atoms with Crippen molar-refractivity contribution in [3.63, 3.8) is 0 Å². The number of hydrogen-bond donors (Lipinski definition) is 1. The molecular formula is C19H13ClN6O3S. The van der Waals surface area contributed by atoms with Crippen LogP contribution in [0.3, 0.4) is 0 Å². The molecular weight excluding hydrogens is 428 g/mol. The second-order valence-electron chi connectivity index (χ2n) is 6.08. The zero-order valence-corrected chi connectivity index (χ0v) is 16.8. The third-order valence-electron chi connectivity index (χ3n) is 4.14. The summed E-state index contributed by atoms with van der Waals surface area (Å²) in [6.07, 6.45) is 1.42. The molecule has 0 radical (unpaired) electrons. The quantitative estimate of drug-likeness (QED) is 0.356. The van der Waals surface area contributed by atoms with E-state index in [4.69, 9.17) is 11.6 Å². The van der Waals surface area contributed by atoms with Gasteiger partial charge in [0, 0.05) is 17.7 Å². The summed E-state index contributed by atoms with van der Waals surface area (Å²) < 4.78 is 1.08. The van der Waals surface area contributed by atoms with Gasteiger partial charge in [-0.3, -0.25) is 14.9 Å². The van der Waals surface area contributed by atoms with Crippen LogP contribution in [0.4, 0.5) is 11.4 Å². The van der Waals surface area contributed by atoms with Crippen molar-refractivity contribution in [3.8, 4) is 16.3 Å². The zero-order valence-electron chi connectivity index (χ0n) is 15.2. The van der Waals surface area contributed by atoms with Gasteiger partial charge in [-0.05, 0) is 12.1 Å². The predicted octanol–water partition coefficient (Wildman–Crippen LogP) is 3.92. The molecule has 0 fully saturated rings. The second-order valence-corrected chi connectivity index (χ2v) is 7.52. The van der Waals surface area contributed by atoms with Crippen LogP contribution >= 0.6 is 22.9 Å². The molecule has 2 aromatic carbocycles. The van der Waals surface area contributed by atoms with Gasteiger partial charge in [0.25, 0.3) is 11.2 Å². The first-order chi connectivity index (χ1) is 14.5. The van der Waals surface area contributed by atoms with Gasteiger partial charge in [0.2, 0.25) is 0 Å². The van der Waals surface area contributed by atoms with Crippen LogP contribution in [0.15, 0.2) is 65.6 Å². The van der Waals surface area contributed by atoms with Crippen LogP contribution in [0.5, 0.6) is 0 Å². The van der Waals surface area contributed by atoms with Crippen LogP contribution < -0.4 is 10.9 Å². The highest BCUT2D eigenvalue weighted by Crippen LogP contribution is 2.24. The maximum Gasteiger partial charge on any atom is 0.292 e. The van der Waals surface area contributed by atoms with E-state index in [1.54, 1.807) is 0 Å². The van der Waals surface area contributed by atoms with Gasteiger partial charge in [-0.15, -0.1) is 10.2 Å². The SMILES string of the molecule is O=c1c(Cl)c(NCc2nnc(-c3ccccc3)s2)cnn1-c1ccc([N+](=O)[O-])cc1. The number of nitrogens with zero attached hydrogens (tertiary/aromatic N) is 5. The number of nitro benzene ring substituents is 1. The van der Waals surface area contributed by atoms with Gasteiger partial charge >= 0.3 is 0 Å². The Balaban J connectivity index is 1.51. The lowest BCUT2D eigenvalue weighted by molar-refractivity contribution is -0.384. The van der Waals surface area contributed by atoms with Crippen molar-refractivity contribution in [2.75, 3.05) is 5.32 Å². The molecule has 9 nitrogen and oxygen atoms in total. The molecule has 0 bridgehead atoms. The fourth-order valence-corrected chi connectivity index (χ4v) is 3.63. The van der Waals surface area contributed by atoms with Crippen molar-refractivity contribution in [2.45, 2.75) is 6.54 Å². The number of rotatable bonds is 6. The average Bonchev–Trinajstić information content (AvgIpc) is 3.25. The molecule has 0 atom stereocenters. The summed E-state index contributed by atoms with van der Waals surface area (Å²) in [4.78, 5) is 22.8. The molecule has 11 heteroatoms. The first-order valence-electron chi connectivity index (χ1n) is 8.67. The van der Waals surface area contributed by atoms with E-state index in [1.165, 1.54) is 41.8 Å². The lowest BCUT2D eigenvalue weighted by Gasteiger charge is -2.09. The summed E-state index contributed by atoms with van der Waals surface area (Å²) >= 11 is 7.65. The van der Waals surface area contributed by atoms with E-state index in [2.05, 4.69) is 20.6 Å². The topological polar surface area (TPSA) is 116 Å². The van der Waals surface area contributed by atoms with Gasteiger partial charge in [-0.1, -0.05) is 53.3 Å². The van der Waals surface area contributed by atoms with E-state index in [9.17, 15) is 14.9 Å². The van der Waals surface area contributed by atoms with Gasteiger partial charge < -0.3 is 5.32 Å². The Morgan fingerprint density at radius 3 is 2.53 bits per heavy atom. The minimum absolute atomic E-state index is 0.0452. The summed E-state index contributed by atoms with van der Waals surface area (Å²) in [6, 6.07) is 15.2. The molecule has 0 amide bonds. The minimum Gasteiger partial charge on any atom is -0.376 e. The van der Waals surface area contributed by atoms with Gasteiger partial charge in [-0.2, -0.15) is 9.78 Å². The molecule has 2 heterocycles. The van der Waals surface area contributed by atoms with Gasteiger partial charge in [-0.25, -0.2) is 0 Å². The van der Waals surface area contributed by atoms with Crippen molar-refractivity contribution in [1.29, 1.82) is 0 Å². The van der Waals surface area contributed by atoms with E-state index in [0.29, 0.717) is 17.9 Å². The molecule has 2 aromatic heterocycles. The number of anilines is 1. The number of aromatic nitrogens is 4. The van der Waals surface area contributed by atoms with Crippen molar-refractivity contribution in [3.05, 3.63) is 91.3 Å². The Kier molecular flexibility index (Phi) is 5.50. The summed E-state index contributed by atoms with van der Waals surface area (Å²) in [7, 11) is 0. The molecule has 30 heavy (non-hydrogen) atoms. The summed E-state index contributed by atoms with van der Waals surface area (Å²) in [5.74, 6) is 0. The smallest absolute Gasteiger partial charge is 0.292 e. The second kappa shape index (κ2) is 8.39. The van der Waals surface area contributed by atoms with Crippen LogP contribution in [0.25, 0.3) is 16.3 Å². The Bertz CT molecular complexity index is 1260. The van der Waals surface area contributed by atoms with E-state index in [0.717, 1.165) is 20.3 Å². The van der Waals surface area contributed by atoms with Crippen LogP contribution in [-0.4, -0.2) is 24.9 Å². The lowest BCUT2D eigenvalue weighted by Crippen LogP contribution is -2.22. The normalized spacial score (nSPS) is 10.7. The molecule has 0 saturated carbocycles. The molecule has 0 aliphatic rings. The summed E-state index contributed by atoms with van der Waals surface area (Å²) in [5.41, 5.74) is 1.08. The first-order valence-corrected chi connectivity index (χ1v) is 9.87. The Morgan fingerprint density at radius 2 is 1.83 bits per heavy atom. The maximum atomic E-state index is 12.6. The fraction of sp³-hybridized carbons (Fsp3) is 0.0526. The molecule has 4 aromatic rings. The monoisotopic (exact) mass is 440 g/mol. The molecule has 0 unspecified atom stereocenters. The molecule has 4 rings (SSSR count). The first kappa shape index (κ1) is 19.7.